The molecule has 0 saturated carbocycles. The first kappa shape index (κ1) is 15.8. The predicted molar refractivity (Wildman–Crippen MR) is 82.4 cm³/mol. The van der Waals surface area contributed by atoms with Crippen molar-refractivity contribution in [2.45, 2.75) is 25.7 Å². The Morgan fingerprint density at radius 2 is 2.00 bits per heavy atom. The Balaban J connectivity index is 1.74. The quantitative estimate of drug-likeness (QED) is 0.807. The van der Waals surface area contributed by atoms with Gasteiger partial charge in [-0.3, -0.25) is 4.79 Å². The van der Waals surface area contributed by atoms with Crippen LogP contribution in [0.2, 0.25) is 0 Å². The van der Waals surface area contributed by atoms with E-state index in [9.17, 15) is 4.79 Å². The van der Waals surface area contributed by atoms with Gasteiger partial charge in [0.1, 0.15) is 5.75 Å². The summed E-state index contributed by atoms with van der Waals surface area (Å²) >= 11 is 0. The highest BCUT2D eigenvalue weighted by Crippen LogP contribution is 2.19. The average Bonchev–Trinajstić information content (AvgIpc) is 2.53. The van der Waals surface area contributed by atoms with Crippen molar-refractivity contribution in [1.82, 2.24) is 0 Å². The van der Waals surface area contributed by atoms with Crippen molar-refractivity contribution in [3.8, 4) is 5.75 Å². The number of hydrogen-bond acceptors (Lipinski definition) is 4. The molecule has 0 aliphatic carbocycles. The SMILES string of the molecule is NCCCC(=O)Nc1ccc(OCC2CCOCC2)cc1. The van der Waals surface area contributed by atoms with Gasteiger partial charge in [0.05, 0.1) is 6.61 Å². The maximum Gasteiger partial charge on any atom is 0.224 e. The number of benzene rings is 1. The second kappa shape index (κ2) is 8.64. The fraction of sp³-hybridized carbons (Fsp3) is 0.562. The summed E-state index contributed by atoms with van der Waals surface area (Å²) in [6, 6.07) is 7.50. The Hall–Kier alpha value is -1.59. The van der Waals surface area contributed by atoms with E-state index in [-0.39, 0.29) is 5.91 Å². The number of nitrogens with two attached hydrogens (primary N) is 1. The van der Waals surface area contributed by atoms with E-state index in [1.54, 1.807) is 0 Å². The Kier molecular flexibility index (Phi) is 6.50. The van der Waals surface area contributed by atoms with Crippen molar-refractivity contribution >= 4 is 11.6 Å². The second-order valence-corrected chi connectivity index (χ2v) is 5.33. The van der Waals surface area contributed by atoms with Gasteiger partial charge in [0.15, 0.2) is 0 Å². The Morgan fingerprint density at radius 3 is 2.67 bits per heavy atom. The highest BCUT2D eigenvalue weighted by atomic mass is 16.5. The molecule has 1 aromatic carbocycles. The van der Waals surface area contributed by atoms with Crippen LogP contribution in [-0.4, -0.2) is 32.3 Å². The van der Waals surface area contributed by atoms with Crippen LogP contribution in [0.25, 0.3) is 0 Å². The Labute approximate surface area is 125 Å². The van der Waals surface area contributed by atoms with E-state index in [4.69, 9.17) is 15.2 Å². The van der Waals surface area contributed by atoms with Gasteiger partial charge in [-0.2, -0.15) is 0 Å². The first-order valence-corrected chi connectivity index (χ1v) is 7.58. The average molecular weight is 292 g/mol. The van der Waals surface area contributed by atoms with Crippen LogP contribution < -0.4 is 15.8 Å². The Bertz CT molecular complexity index is 428. The van der Waals surface area contributed by atoms with E-state index in [0.717, 1.165) is 44.1 Å². The number of rotatable bonds is 7. The van der Waals surface area contributed by atoms with E-state index in [0.29, 0.717) is 25.3 Å². The molecule has 1 aliphatic rings. The third-order valence-corrected chi connectivity index (χ3v) is 3.57. The minimum Gasteiger partial charge on any atom is -0.493 e. The molecule has 0 atom stereocenters. The first-order chi connectivity index (χ1) is 10.3. The summed E-state index contributed by atoms with van der Waals surface area (Å²) in [5.74, 6) is 1.41. The minimum absolute atomic E-state index is 0.00340. The fourth-order valence-corrected chi connectivity index (χ4v) is 2.25. The summed E-state index contributed by atoms with van der Waals surface area (Å²) in [6.45, 7) is 2.93. The van der Waals surface area contributed by atoms with Gasteiger partial charge in [-0.05, 0) is 56.0 Å². The van der Waals surface area contributed by atoms with Crippen molar-refractivity contribution in [3.63, 3.8) is 0 Å². The van der Waals surface area contributed by atoms with E-state index >= 15 is 0 Å². The summed E-state index contributed by atoms with van der Waals surface area (Å²) in [5, 5.41) is 2.84. The van der Waals surface area contributed by atoms with E-state index in [1.807, 2.05) is 24.3 Å². The maximum absolute atomic E-state index is 11.6. The summed E-state index contributed by atoms with van der Waals surface area (Å²) in [5.41, 5.74) is 6.17. The number of nitrogens with one attached hydrogen (secondary N) is 1. The molecule has 21 heavy (non-hydrogen) atoms. The van der Waals surface area contributed by atoms with Crippen LogP contribution in [0.4, 0.5) is 5.69 Å². The molecule has 0 bridgehead atoms. The molecular formula is C16H24N2O3. The zero-order valence-corrected chi connectivity index (χ0v) is 12.3. The number of carbonyl (C=O) groups excluding carboxylic acids is 1. The molecule has 1 aromatic rings. The molecule has 1 fully saturated rings. The number of ether oxygens (including phenoxy) is 2. The number of hydrogen-bond donors (Lipinski definition) is 2. The monoisotopic (exact) mass is 292 g/mol. The third kappa shape index (κ3) is 5.73. The lowest BCUT2D eigenvalue weighted by Crippen LogP contribution is -2.21. The zero-order valence-electron chi connectivity index (χ0n) is 12.3. The minimum atomic E-state index is -0.00340. The zero-order chi connectivity index (χ0) is 14.9. The standard InChI is InChI=1S/C16H24N2O3/c17-9-1-2-16(19)18-14-3-5-15(6-4-14)21-12-13-7-10-20-11-8-13/h3-6,13H,1-2,7-12,17H2,(H,18,19). The smallest absolute Gasteiger partial charge is 0.224 e. The Morgan fingerprint density at radius 1 is 1.29 bits per heavy atom. The van der Waals surface area contributed by atoms with Gasteiger partial charge < -0.3 is 20.5 Å². The molecule has 3 N–H and O–H groups in total. The fourth-order valence-electron chi connectivity index (χ4n) is 2.25. The largest absolute Gasteiger partial charge is 0.493 e. The van der Waals surface area contributed by atoms with E-state index < -0.39 is 0 Å². The van der Waals surface area contributed by atoms with Gasteiger partial charge >= 0.3 is 0 Å². The molecular weight excluding hydrogens is 268 g/mol. The molecule has 1 aliphatic heterocycles. The molecule has 0 aromatic heterocycles. The molecule has 1 saturated heterocycles. The van der Waals surface area contributed by atoms with Crippen molar-refractivity contribution in [1.29, 1.82) is 0 Å². The maximum atomic E-state index is 11.6. The molecule has 5 nitrogen and oxygen atoms in total. The summed E-state index contributed by atoms with van der Waals surface area (Å²) in [6.07, 6.45) is 3.29. The molecule has 116 valence electrons. The van der Waals surface area contributed by atoms with E-state index in [2.05, 4.69) is 5.32 Å². The topological polar surface area (TPSA) is 73.6 Å². The summed E-state index contributed by atoms with van der Waals surface area (Å²) < 4.78 is 11.1. The predicted octanol–water partition coefficient (Wildman–Crippen LogP) is 2.17. The van der Waals surface area contributed by atoms with Crippen LogP contribution in [-0.2, 0) is 9.53 Å². The van der Waals surface area contributed by atoms with Gasteiger partial charge in [0.25, 0.3) is 0 Å². The third-order valence-electron chi connectivity index (χ3n) is 3.57. The molecule has 2 rings (SSSR count). The van der Waals surface area contributed by atoms with Gasteiger partial charge in [-0.25, -0.2) is 0 Å². The number of anilines is 1. The highest BCUT2D eigenvalue weighted by Gasteiger charge is 2.14. The molecule has 1 heterocycles. The van der Waals surface area contributed by atoms with Crippen molar-refractivity contribution in [3.05, 3.63) is 24.3 Å². The van der Waals surface area contributed by atoms with Gasteiger partial charge in [-0.15, -0.1) is 0 Å². The van der Waals surface area contributed by atoms with Gasteiger partial charge in [-0.1, -0.05) is 0 Å². The molecule has 5 heteroatoms. The second-order valence-electron chi connectivity index (χ2n) is 5.33. The lowest BCUT2D eigenvalue weighted by atomic mass is 10.0. The van der Waals surface area contributed by atoms with Crippen molar-refractivity contribution in [2.24, 2.45) is 11.7 Å². The van der Waals surface area contributed by atoms with Crippen LogP contribution in [0.15, 0.2) is 24.3 Å². The number of carbonyl (C=O) groups is 1. The van der Waals surface area contributed by atoms with E-state index in [1.165, 1.54) is 0 Å². The van der Waals surface area contributed by atoms with Crippen molar-refractivity contribution in [2.75, 3.05) is 31.7 Å². The van der Waals surface area contributed by atoms with Gasteiger partial charge in [0, 0.05) is 25.3 Å². The first-order valence-electron chi connectivity index (χ1n) is 7.58. The van der Waals surface area contributed by atoms with Crippen LogP contribution in [0.5, 0.6) is 5.75 Å². The van der Waals surface area contributed by atoms with Crippen LogP contribution in [0.3, 0.4) is 0 Å². The lowest BCUT2D eigenvalue weighted by molar-refractivity contribution is -0.116. The normalized spacial score (nSPS) is 15.7. The highest BCUT2D eigenvalue weighted by molar-refractivity contribution is 5.90. The summed E-state index contributed by atoms with van der Waals surface area (Å²) in [4.78, 5) is 11.6. The lowest BCUT2D eigenvalue weighted by Gasteiger charge is -2.22. The van der Waals surface area contributed by atoms with Crippen LogP contribution in [0, 0.1) is 5.92 Å². The van der Waals surface area contributed by atoms with Gasteiger partial charge in [0.2, 0.25) is 5.91 Å². The number of amides is 1. The molecule has 0 radical (unpaired) electrons. The molecule has 1 amide bonds. The van der Waals surface area contributed by atoms with Crippen molar-refractivity contribution < 1.29 is 14.3 Å². The molecule has 0 spiro atoms. The molecule has 0 unspecified atom stereocenters. The summed E-state index contributed by atoms with van der Waals surface area (Å²) in [7, 11) is 0. The van der Waals surface area contributed by atoms with Crippen LogP contribution >= 0.6 is 0 Å². The van der Waals surface area contributed by atoms with Crippen LogP contribution in [0.1, 0.15) is 25.7 Å².